The standard InChI is InChI=1S/C34H23N5O4S3/c40-29-19-11-5-4-10-18(19)26(30(29)41)36-33-27-25(37-46-38-27)21(15-35-33)24-14-22-31(45-24)32-28(20-12-6-7-13-23(20)44-32)39(22)34(42)43-16-17-8-2-1-3-9-17/h1-3,6-9,12-15,18-19H,4-5,10-11,16H2. The number of hydrogen-bond acceptors (Lipinski definition) is 11. The van der Waals surface area contributed by atoms with Crippen molar-refractivity contribution in [1.82, 2.24) is 18.3 Å². The van der Waals surface area contributed by atoms with Gasteiger partial charge in [-0.15, -0.1) is 22.7 Å². The molecule has 2 unspecified atom stereocenters. The van der Waals surface area contributed by atoms with E-state index in [0.29, 0.717) is 22.6 Å². The maximum absolute atomic E-state index is 13.8. The first-order valence-corrected chi connectivity index (χ1v) is 17.4. The van der Waals surface area contributed by atoms with Crippen molar-refractivity contribution in [2.24, 2.45) is 16.8 Å². The van der Waals surface area contributed by atoms with E-state index in [4.69, 9.17) is 4.74 Å². The molecule has 0 aliphatic heterocycles. The van der Waals surface area contributed by atoms with E-state index >= 15 is 0 Å². The van der Waals surface area contributed by atoms with Crippen molar-refractivity contribution >= 4 is 105 Å². The van der Waals surface area contributed by atoms with Gasteiger partial charge in [0, 0.05) is 38.6 Å². The molecule has 12 heteroatoms. The molecule has 2 atom stereocenters. The van der Waals surface area contributed by atoms with E-state index in [2.05, 4.69) is 24.8 Å². The second kappa shape index (κ2) is 10.7. The summed E-state index contributed by atoms with van der Waals surface area (Å²) in [5, 5.41) is 1.00. The smallest absolute Gasteiger partial charge is 0.419 e. The topological polar surface area (TPSA) is 116 Å². The molecule has 226 valence electrons. The molecule has 0 spiro atoms. The Morgan fingerprint density at radius 3 is 2.59 bits per heavy atom. The summed E-state index contributed by atoms with van der Waals surface area (Å²) < 4.78 is 19.7. The summed E-state index contributed by atoms with van der Waals surface area (Å²) in [5.41, 5.74) is 4.68. The highest BCUT2D eigenvalue weighted by molar-refractivity contribution is 7.32. The van der Waals surface area contributed by atoms with Gasteiger partial charge in [0.1, 0.15) is 17.6 Å². The highest BCUT2D eigenvalue weighted by atomic mass is 32.1. The number of pyridine rings is 1. The van der Waals surface area contributed by atoms with Crippen LogP contribution in [0.4, 0.5) is 10.6 Å². The third kappa shape index (κ3) is 4.20. The molecule has 0 radical (unpaired) electrons. The number of nitrogens with zero attached hydrogens (tertiary/aromatic N) is 5. The van der Waals surface area contributed by atoms with Crippen molar-refractivity contribution in [3.8, 4) is 10.4 Å². The molecule has 2 aliphatic carbocycles. The van der Waals surface area contributed by atoms with E-state index in [1.807, 2.05) is 54.6 Å². The lowest BCUT2D eigenvalue weighted by molar-refractivity contribution is -0.134. The predicted octanol–water partition coefficient (Wildman–Crippen LogP) is 8.35. The minimum atomic E-state index is -0.493. The fourth-order valence-corrected chi connectivity index (χ4v) is 9.89. The molecule has 0 N–H and O–H groups in total. The molecule has 7 aromatic rings. The molecule has 2 fully saturated rings. The van der Waals surface area contributed by atoms with Gasteiger partial charge >= 0.3 is 6.09 Å². The van der Waals surface area contributed by atoms with Crippen LogP contribution in [0.25, 0.3) is 52.0 Å². The number of fused-ring (bicyclic) bond motifs is 7. The Balaban J connectivity index is 1.16. The second-order valence-electron chi connectivity index (χ2n) is 11.6. The molecule has 0 saturated heterocycles. The largest absolute Gasteiger partial charge is 0.444 e. The lowest BCUT2D eigenvalue weighted by Gasteiger charge is -2.22. The third-order valence-electron chi connectivity index (χ3n) is 9.01. The third-order valence-corrected chi connectivity index (χ3v) is 12.0. The fraction of sp³-hybridized carbons (Fsp3) is 0.206. The molecule has 9 nitrogen and oxygen atoms in total. The fourth-order valence-electron chi connectivity index (χ4n) is 6.85. The molecular weight excluding hydrogens is 639 g/mol. The number of hydrogen-bond donors (Lipinski definition) is 0. The van der Waals surface area contributed by atoms with Crippen molar-refractivity contribution < 1.29 is 19.1 Å². The minimum absolute atomic E-state index is 0.153. The van der Waals surface area contributed by atoms with Crippen LogP contribution in [-0.2, 0) is 20.9 Å². The first-order chi connectivity index (χ1) is 22.6. The van der Waals surface area contributed by atoms with Gasteiger partial charge in [-0.05, 0) is 30.5 Å². The summed E-state index contributed by atoms with van der Waals surface area (Å²) in [6.07, 6.45) is 4.70. The van der Waals surface area contributed by atoms with Crippen LogP contribution in [0, 0.1) is 11.8 Å². The van der Waals surface area contributed by atoms with E-state index in [9.17, 15) is 14.4 Å². The average Bonchev–Trinajstić information content (AvgIpc) is 3.90. The number of ketones is 2. The second-order valence-corrected chi connectivity index (χ2v) is 14.3. The number of carbonyl (C=O) groups excluding carboxylic acids is 3. The van der Waals surface area contributed by atoms with Gasteiger partial charge in [-0.2, -0.15) is 8.75 Å². The van der Waals surface area contributed by atoms with Crippen molar-refractivity contribution in [3.05, 3.63) is 72.4 Å². The zero-order valence-electron chi connectivity index (χ0n) is 24.1. The van der Waals surface area contributed by atoms with Crippen LogP contribution in [0.3, 0.4) is 0 Å². The average molecular weight is 662 g/mol. The summed E-state index contributed by atoms with van der Waals surface area (Å²) >= 11 is 4.27. The molecule has 9 rings (SSSR count). The van der Waals surface area contributed by atoms with Gasteiger partial charge in [0.25, 0.3) is 0 Å². The highest BCUT2D eigenvalue weighted by Gasteiger charge is 2.47. The molecule has 0 bridgehead atoms. The van der Waals surface area contributed by atoms with Crippen LogP contribution >= 0.6 is 34.4 Å². The molecular formula is C34H23N5O4S3. The molecule has 46 heavy (non-hydrogen) atoms. The molecule has 0 amide bonds. The molecule has 5 aromatic heterocycles. The number of rotatable bonds is 4. The van der Waals surface area contributed by atoms with Gasteiger partial charge in [-0.3, -0.25) is 9.59 Å². The summed E-state index contributed by atoms with van der Waals surface area (Å²) in [6.45, 7) is 0.161. The molecule has 2 saturated carbocycles. The van der Waals surface area contributed by atoms with Gasteiger partial charge in [0.2, 0.25) is 11.6 Å². The van der Waals surface area contributed by atoms with Crippen LogP contribution < -0.4 is 0 Å². The summed E-state index contributed by atoms with van der Waals surface area (Å²) in [6, 6.07) is 19.7. The quantitative estimate of drug-likeness (QED) is 0.174. The normalized spacial score (nSPS) is 19.3. The molecule has 2 aliphatic rings. The van der Waals surface area contributed by atoms with Crippen molar-refractivity contribution in [3.63, 3.8) is 0 Å². The van der Waals surface area contributed by atoms with Gasteiger partial charge in [0.05, 0.1) is 37.9 Å². The Morgan fingerprint density at radius 2 is 1.72 bits per heavy atom. The van der Waals surface area contributed by atoms with E-state index in [-0.39, 0.29) is 24.2 Å². The Bertz CT molecular complexity index is 2420. The number of thiophene rings is 2. The number of carbonyl (C=O) groups is 3. The Hall–Kier alpha value is -4.65. The van der Waals surface area contributed by atoms with Crippen LogP contribution in [0.2, 0.25) is 0 Å². The summed E-state index contributed by atoms with van der Waals surface area (Å²) in [4.78, 5) is 49.6. The monoisotopic (exact) mass is 661 g/mol. The van der Waals surface area contributed by atoms with Gasteiger partial charge in [-0.25, -0.2) is 19.3 Å². The number of aromatic nitrogens is 4. The van der Waals surface area contributed by atoms with Crippen LogP contribution in [-0.4, -0.2) is 41.7 Å². The van der Waals surface area contributed by atoms with Crippen LogP contribution in [0.5, 0.6) is 0 Å². The van der Waals surface area contributed by atoms with E-state index < -0.39 is 11.9 Å². The SMILES string of the molecule is O=C1C(=O)C2CCCCC2C1=Nc1ncc(-c2cc3c(s2)c2sc4ccccc4c2n3C(=O)OCc2ccccc2)c2nsnc12. The number of aliphatic imine (C=N–C) groups is 1. The zero-order valence-corrected chi connectivity index (χ0v) is 26.6. The van der Waals surface area contributed by atoms with Crippen LogP contribution in [0.15, 0.2) is 71.9 Å². The number of ether oxygens (including phenoxy) is 1. The number of Topliss-reactive ketones (excluding diaryl/α,β-unsaturated/α-hetero) is 2. The van der Waals surface area contributed by atoms with Crippen LogP contribution in [0.1, 0.15) is 31.2 Å². The Kier molecular flexibility index (Phi) is 6.44. The summed E-state index contributed by atoms with van der Waals surface area (Å²) in [5.74, 6) is -0.935. The Labute approximate surface area is 273 Å². The van der Waals surface area contributed by atoms with E-state index in [1.165, 1.54) is 0 Å². The highest BCUT2D eigenvalue weighted by Crippen LogP contribution is 2.47. The number of benzene rings is 2. The maximum atomic E-state index is 13.8. The van der Waals surface area contributed by atoms with E-state index in [0.717, 1.165) is 83.9 Å². The van der Waals surface area contributed by atoms with Gasteiger partial charge < -0.3 is 4.74 Å². The van der Waals surface area contributed by atoms with Crippen molar-refractivity contribution in [2.75, 3.05) is 0 Å². The predicted molar refractivity (Wildman–Crippen MR) is 181 cm³/mol. The first-order valence-electron chi connectivity index (χ1n) is 15.0. The maximum Gasteiger partial charge on any atom is 0.419 e. The zero-order chi connectivity index (χ0) is 30.9. The lowest BCUT2D eigenvalue weighted by Crippen LogP contribution is -2.21. The minimum Gasteiger partial charge on any atom is -0.444 e. The van der Waals surface area contributed by atoms with E-state index in [1.54, 1.807) is 33.4 Å². The lowest BCUT2D eigenvalue weighted by atomic mass is 9.81. The Morgan fingerprint density at radius 1 is 0.935 bits per heavy atom. The molecule has 5 heterocycles. The first kappa shape index (κ1) is 27.6. The molecule has 2 aromatic carbocycles. The summed E-state index contributed by atoms with van der Waals surface area (Å²) in [7, 11) is 0. The van der Waals surface area contributed by atoms with Gasteiger partial charge in [0.15, 0.2) is 5.82 Å². The van der Waals surface area contributed by atoms with Crippen molar-refractivity contribution in [2.45, 2.75) is 32.3 Å². The van der Waals surface area contributed by atoms with Crippen molar-refractivity contribution in [1.29, 1.82) is 0 Å². The van der Waals surface area contributed by atoms with Gasteiger partial charge in [-0.1, -0.05) is 61.4 Å².